The zero-order valence-electron chi connectivity index (χ0n) is 17.3. The summed E-state index contributed by atoms with van der Waals surface area (Å²) in [6, 6.07) is 3.65. The largest absolute Gasteiger partial charge is 0.341 e. The van der Waals surface area contributed by atoms with Crippen LogP contribution in [0.25, 0.3) is 0 Å². The molecule has 29 heavy (non-hydrogen) atoms. The Morgan fingerprint density at radius 3 is 2.59 bits per heavy atom. The molecule has 2 saturated heterocycles. The lowest BCUT2D eigenvalue weighted by Crippen LogP contribution is -2.52. The van der Waals surface area contributed by atoms with E-state index < -0.39 is 0 Å². The smallest absolute Gasteiger partial charge is 0.247 e. The van der Waals surface area contributed by atoms with E-state index in [0.717, 1.165) is 50.0 Å². The summed E-state index contributed by atoms with van der Waals surface area (Å²) >= 11 is 0. The van der Waals surface area contributed by atoms with E-state index in [1.54, 1.807) is 23.3 Å². The van der Waals surface area contributed by atoms with Gasteiger partial charge in [0.1, 0.15) is 6.04 Å². The average Bonchev–Trinajstić information content (AvgIpc) is 3.17. The lowest BCUT2D eigenvalue weighted by molar-refractivity contribution is -0.144. The highest BCUT2D eigenvalue weighted by Gasteiger charge is 2.42. The lowest BCUT2D eigenvalue weighted by Gasteiger charge is -2.47. The third-order valence-corrected chi connectivity index (χ3v) is 6.49. The molecule has 0 bridgehead atoms. The van der Waals surface area contributed by atoms with Crippen LogP contribution in [0.5, 0.6) is 0 Å². The SMILES string of the molecule is Cc1cnn([C@H](C)C(=O)N2CCC3(CCC(=O)N(Cc4ccncc4)C3)CC2)c1. The van der Waals surface area contributed by atoms with Crippen molar-refractivity contribution in [3.05, 3.63) is 48.0 Å². The van der Waals surface area contributed by atoms with Crippen LogP contribution in [-0.4, -0.2) is 56.0 Å². The van der Waals surface area contributed by atoms with Gasteiger partial charge in [0.05, 0.1) is 6.20 Å². The van der Waals surface area contributed by atoms with Gasteiger partial charge in [-0.25, -0.2) is 0 Å². The first-order valence-corrected chi connectivity index (χ1v) is 10.4. The van der Waals surface area contributed by atoms with Crippen LogP contribution in [0.2, 0.25) is 0 Å². The molecular weight excluding hydrogens is 366 g/mol. The predicted molar refractivity (Wildman–Crippen MR) is 109 cm³/mol. The summed E-state index contributed by atoms with van der Waals surface area (Å²) in [6.07, 6.45) is 10.7. The number of likely N-dealkylation sites (tertiary alicyclic amines) is 2. The van der Waals surface area contributed by atoms with E-state index in [1.807, 2.05) is 42.0 Å². The summed E-state index contributed by atoms with van der Waals surface area (Å²) in [5.74, 6) is 0.358. The second-order valence-corrected chi connectivity index (χ2v) is 8.60. The van der Waals surface area contributed by atoms with Crippen LogP contribution in [0.4, 0.5) is 0 Å². The number of hydrogen-bond donors (Lipinski definition) is 0. The zero-order chi connectivity index (χ0) is 20.4. The summed E-state index contributed by atoms with van der Waals surface area (Å²) < 4.78 is 1.75. The molecule has 2 aromatic rings. The highest BCUT2D eigenvalue weighted by atomic mass is 16.2. The fourth-order valence-electron chi connectivity index (χ4n) is 4.59. The van der Waals surface area contributed by atoms with Crippen molar-refractivity contribution in [2.24, 2.45) is 5.41 Å². The van der Waals surface area contributed by atoms with Crippen molar-refractivity contribution in [2.75, 3.05) is 19.6 Å². The molecule has 4 rings (SSSR count). The van der Waals surface area contributed by atoms with Gasteiger partial charge in [0, 0.05) is 51.2 Å². The minimum Gasteiger partial charge on any atom is -0.341 e. The minimum atomic E-state index is -0.283. The molecule has 1 atom stereocenters. The third-order valence-electron chi connectivity index (χ3n) is 6.49. The second-order valence-electron chi connectivity index (χ2n) is 8.60. The quantitative estimate of drug-likeness (QED) is 0.798. The number of carbonyl (C=O) groups is 2. The van der Waals surface area contributed by atoms with Gasteiger partial charge in [0.15, 0.2) is 0 Å². The maximum Gasteiger partial charge on any atom is 0.247 e. The predicted octanol–water partition coefficient (Wildman–Crippen LogP) is 2.58. The summed E-state index contributed by atoms with van der Waals surface area (Å²) in [5, 5.41) is 4.29. The van der Waals surface area contributed by atoms with Crippen LogP contribution in [0.1, 0.15) is 49.8 Å². The Bertz CT molecular complexity index is 870. The Balaban J connectivity index is 1.37. The first-order chi connectivity index (χ1) is 14.0. The molecule has 1 spiro atoms. The standard InChI is InChI=1S/C22H29N5O2/c1-17-13-24-27(14-17)18(2)21(29)25-11-7-22(8-12-25)6-3-20(28)26(16-22)15-19-4-9-23-10-5-19/h4-5,9-10,13-14,18H,3,6-8,11-12,15-16H2,1-2H3/t18-/m1/s1. The highest BCUT2D eigenvalue weighted by molar-refractivity contribution is 5.80. The lowest BCUT2D eigenvalue weighted by atomic mass is 9.72. The van der Waals surface area contributed by atoms with Crippen LogP contribution in [0.15, 0.2) is 36.9 Å². The molecule has 2 aliphatic heterocycles. The molecule has 0 aliphatic carbocycles. The van der Waals surface area contributed by atoms with Crippen LogP contribution in [-0.2, 0) is 16.1 Å². The first-order valence-electron chi connectivity index (χ1n) is 10.4. The Morgan fingerprint density at radius 1 is 1.21 bits per heavy atom. The van der Waals surface area contributed by atoms with Crippen LogP contribution >= 0.6 is 0 Å². The number of nitrogens with zero attached hydrogens (tertiary/aromatic N) is 5. The minimum absolute atomic E-state index is 0.128. The maximum absolute atomic E-state index is 12.9. The fraction of sp³-hybridized carbons (Fsp3) is 0.545. The molecule has 0 radical (unpaired) electrons. The molecule has 7 nitrogen and oxygen atoms in total. The van der Waals surface area contributed by atoms with Gasteiger partial charge in [-0.15, -0.1) is 0 Å². The Labute approximate surface area is 171 Å². The number of carbonyl (C=O) groups excluding carboxylic acids is 2. The van der Waals surface area contributed by atoms with E-state index in [9.17, 15) is 9.59 Å². The van der Waals surface area contributed by atoms with Gasteiger partial charge >= 0.3 is 0 Å². The summed E-state index contributed by atoms with van der Waals surface area (Å²) in [6.45, 7) is 6.81. The average molecular weight is 396 g/mol. The number of rotatable bonds is 4. The molecule has 0 saturated carbocycles. The van der Waals surface area contributed by atoms with Crippen molar-refractivity contribution in [3.8, 4) is 0 Å². The normalized spacial score (nSPS) is 20.1. The van der Waals surface area contributed by atoms with Crippen LogP contribution < -0.4 is 0 Å². The molecule has 2 amide bonds. The molecule has 2 aromatic heterocycles. The van der Waals surface area contributed by atoms with Crippen molar-refractivity contribution >= 4 is 11.8 Å². The molecule has 0 unspecified atom stereocenters. The zero-order valence-corrected chi connectivity index (χ0v) is 17.3. The van der Waals surface area contributed by atoms with Crippen LogP contribution in [0.3, 0.4) is 0 Å². The van der Waals surface area contributed by atoms with Crippen molar-refractivity contribution in [1.82, 2.24) is 24.6 Å². The van der Waals surface area contributed by atoms with Gasteiger partial charge in [-0.2, -0.15) is 5.10 Å². The van der Waals surface area contributed by atoms with E-state index in [0.29, 0.717) is 13.0 Å². The van der Waals surface area contributed by atoms with Crippen LogP contribution in [0, 0.1) is 12.3 Å². The molecule has 4 heterocycles. The second kappa shape index (κ2) is 7.97. The van der Waals surface area contributed by atoms with E-state index in [4.69, 9.17) is 0 Å². The van der Waals surface area contributed by atoms with Crippen molar-refractivity contribution in [2.45, 2.75) is 52.1 Å². The summed E-state index contributed by atoms with van der Waals surface area (Å²) in [7, 11) is 0. The van der Waals surface area contributed by atoms with Crippen molar-refractivity contribution < 1.29 is 9.59 Å². The fourth-order valence-corrected chi connectivity index (χ4v) is 4.59. The summed E-state index contributed by atoms with van der Waals surface area (Å²) in [4.78, 5) is 33.4. The number of amides is 2. The van der Waals surface area contributed by atoms with Gasteiger partial charge in [0.25, 0.3) is 0 Å². The van der Waals surface area contributed by atoms with Crippen molar-refractivity contribution in [1.29, 1.82) is 0 Å². The Morgan fingerprint density at radius 2 is 1.93 bits per heavy atom. The molecule has 0 aromatic carbocycles. The van der Waals surface area contributed by atoms with Gasteiger partial charge in [-0.3, -0.25) is 19.3 Å². The first kappa shape index (κ1) is 19.6. The van der Waals surface area contributed by atoms with Crippen molar-refractivity contribution in [3.63, 3.8) is 0 Å². The van der Waals surface area contributed by atoms with E-state index >= 15 is 0 Å². The topological polar surface area (TPSA) is 71.3 Å². The molecule has 2 fully saturated rings. The number of pyridine rings is 1. The maximum atomic E-state index is 12.9. The van der Waals surface area contributed by atoms with Gasteiger partial charge < -0.3 is 9.80 Å². The van der Waals surface area contributed by atoms with Gasteiger partial charge in [0.2, 0.25) is 11.8 Å². The van der Waals surface area contributed by atoms with Gasteiger partial charge in [-0.05, 0) is 61.8 Å². The molecule has 7 heteroatoms. The Hall–Kier alpha value is -2.70. The molecular formula is C22H29N5O2. The van der Waals surface area contributed by atoms with E-state index in [-0.39, 0.29) is 23.3 Å². The number of aryl methyl sites for hydroxylation is 1. The third kappa shape index (κ3) is 4.18. The van der Waals surface area contributed by atoms with E-state index in [1.165, 1.54) is 0 Å². The molecule has 0 N–H and O–H groups in total. The molecule has 2 aliphatic rings. The highest BCUT2D eigenvalue weighted by Crippen LogP contribution is 2.41. The molecule has 154 valence electrons. The Kier molecular flexibility index (Phi) is 5.39. The van der Waals surface area contributed by atoms with Gasteiger partial charge in [-0.1, -0.05) is 0 Å². The number of hydrogen-bond acceptors (Lipinski definition) is 4. The number of aromatic nitrogens is 3. The van der Waals surface area contributed by atoms with E-state index in [2.05, 4.69) is 10.1 Å². The number of piperidine rings is 2. The summed E-state index contributed by atoms with van der Waals surface area (Å²) in [5.41, 5.74) is 2.30. The monoisotopic (exact) mass is 395 g/mol.